The van der Waals surface area contributed by atoms with E-state index in [0.717, 1.165) is 5.76 Å². The standard InChI is InChI=1S/C10H12O5/c11-9(12)4-8-6-14-10(15-8)5-7-2-1-3-13-7/h1-3,8,10H,4-6H2,(H,11,12). The van der Waals surface area contributed by atoms with Crippen LogP contribution >= 0.6 is 0 Å². The van der Waals surface area contributed by atoms with Crippen LogP contribution in [-0.4, -0.2) is 30.1 Å². The topological polar surface area (TPSA) is 68.9 Å². The second-order valence-corrected chi connectivity index (χ2v) is 3.40. The Morgan fingerprint density at radius 2 is 2.47 bits per heavy atom. The van der Waals surface area contributed by atoms with Crippen LogP contribution in [0.4, 0.5) is 0 Å². The lowest BCUT2D eigenvalue weighted by molar-refractivity contribution is -0.140. The van der Waals surface area contributed by atoms with E-state index in [1.807, 2.05) is 6.07 Å². The molecular formula is C10H12O5. The van der Waals surface area contributed by atoms with Crippen molar-refractivity contribution in [3.63, 3.8) is 0 Å². The van der Waals surface area contributed by atoms with E-state index in [9.17, 15) is 4.79 Å². The first-order valence-corrected chi connectivity index (χ1v) is 4.75. The molecule has 1 saturated heterocycles. The molecule has 1 aliphatic heterocycles. The third-order valence-corrected chi connectivity index (χ3v) is 2.16. The fourth-order valence-corrected chi connectivity index (χ4v) is 1.51. The van der Waals surface area contributed by atoms with Gasteiger partial charge in [0.05, 0.1) is 31.8 Å². The van der Waals surface area contributed by atoms with Crippen LogP contribution in [0.3, 0.4) is 0 Å². The SMILES string of the molecule is O=C(O)CC1COC(Cc2ccco2)O1. The van der Waals surface area contributed by atoms with Gasteiger partial charge in [0.15, 0.2) is 6.29 Å². The van der Waals surface area contributed by atoms with E-state index in [0.29, 0.717) is 13.0 Å². The fraction of sp³-hybridized carbons (Fsp3) is 0.500. The lowest BCUT2D eigenvalue weighted by Crippen LogP contribution is -2.17. The number of hydrogen-bond donors (Lipinski definition) is 1. The zero-order valence-corrected chi connectivity index (χ0v) is 8.09. The van der Waals surface area contributed by atoms with Gasteiger partial charge >= 0.3 is 5.97 Å². The normalized spacial score (nSPS) is 25.6. The average molecular weight is 212 g/mol. The van der Waals surface area contributed by atoms with E-state index in [2.05, 4.69) is 0 Å². The molecule has 1 fully saturated rings. The van der Waals surface area contributed by atoms with Crippen molar-refractivity contribution in [3.05, 3.63) is 24.2 Å². The molecule has 0 aliphatic carbocycles. The third-order valence-electron chi connectivity index (χ3n) is 2.16. The molecule has 2 heterocycles. The van der Waals surface area contributed by atoms with Crippen molar-refractivity contribution in [2.75, 3.05) is 6.61 Å². The summed E-state index contributed by atoms with van der Waals surface area (Å²) in [7, 11) is 0. The number of rotatable bonds is 4. The van der Waals surface area contributed by atoms with E-state index < -0.39 is 5.97 Å². The molecule has 0 spiro atoms. The van der Waals surface area contributed by atoms with Crippen molar-refractivity contribution in [2.24, 2.45) is 0 Å². The zero-order chi connectivity index (χ0) is 10.7. The van der Waals surface area contributed by atoms with Crippen molar-refractivity contribution in [1.29, 1.82) is 0 Å². The van der Waals surface area contributed by atoms with Gasteiger partial charge in [-0.15, -0.1) is 0 Å². The quantitative estimate of drug-likeness (QED) is 0.807. The van der Waals surface area contributed by atoms with Crippen LogP contribution in [0.5, 0.6) is 0 Å². The predicted octanol–water partition coefficient (Wildman–Crippen LogP) is 1.04. The Balaban J connectivity index is 1.80. The highest BCUT2D eigenvalue weighted by Gasteiger charge is 2.28. The molecule has 15 heavy (non-hydrogen) atoms. The third kappa shape index (κ3) is 2.81. The maximum atomic E-state index is 10.4. The lowest BCUT2D eigenvalue weighted by atomic mass is 10.3. The van der Waals surface area contributed by atoms with Crippen LogP contribution in [0.1, 0.15) is 12.2 Å². The van der Waals surface area contributed by atoms with Gasteiger partial charge in [0.25, 0.3) is 0 Å². The summed E-state index contributed by atoms with van der Waals surface area (Å²) < 4.78 is 15.8. The van der Waals surface area contributed by atoms with Crippen LogP contribution in [0.2, 0.25) is 0 Å². The summed E-state index contributed by atoms with van der Waals surface area (Å²) in [5.74, 6) is -0.0989. The van der Waals surface area contributed by atoms with Crippen LogP contribution in [0.25, 0.3) is 0 Å². The molecule has 0 aromatic carbocycles. The minimum Gasteiger partial charge on any atom is -0.481 e. The van der Waals surface area contributed by atoms with Gasteiger partial charge in [-0.25, -0.2) is 0 Å². The van der Waals surface area contributed by atoms with Crippen molar-refractivity contribution >= 4 is 5.97 Å². The largest absolute Gasteiger partial charge is 0.481 e. The number of ether oxygens (including phenoxy) is 2. The summed E-state index contributed by atoms with van der Waals surface area (Å²) >= 11 is 0. The van der Waals surface area contributed by atoms with Gasteiger partial charge in [0.2, 0.25) is 0 Å². The molecule has 0 saturated carbocycles. The molecule has 1 aromatic heterocycles. The second kappa shape index (κ2) is 4.46. The summed E-state index contributed by atoms with van der Waals surface area (Å²) in [6, 6.07) is 3.62. The smallest absolute Gasteiger partial charge is 0.306 e. The summed E-state index contributed by atoms with van der Waals surface area (Å²) in [4.78, 5) is 10.4. The minimum atomic E-state index is -0.873. The zero-order valence-electron chi connectivity index (χ0n) is 8.09. The molecule has 5 nitrogen and oxygen atoms in total. The molecule has 1 aromatic rings. The van der Waals surface area contributed by atoms with E-state index in [-0.39, 0.29) is 18.8 Å². The average Bonchev–Trinajstić information content (AvgIpc) is 2.77. The van der Waals surface area contributed by atoms with Gasteiger partial charge in [-0.1, -0.05) is 0 Å². The Labute approximate surface area is 86.6 Å². The number of furan rings is 1. The molecule has 0 bridgehead atoms. The highest BCUT2D eigenvalue weighted by molar-refractivity contribution is 5.67. The summed E-state index contributed by atoms with van der Waals surface area (Å²) in [5, 5.41) is 8.56. The Bertz CT molecular complexity index is 319. The van der Waals surface area contributed by atoms with Crippen LogP contribution in [-0.2, 0) is 20.7 Å². The van der Waals surface area contributed by atoms with Gasteiger partial charge < -0.3 is 19.0 Å². The Morgan fingerprint density at radius 1 is 1.60 bits per heavy atom. The number of hydrogen-bond acceptors (Lipinski definition) is 4. The predicted molar refractivity (Wildman–Crippen MR) is 49.3 cm³/mol. The monoisotopic (exact) mass is 212 g/mol. The van der Waals surface area contributed by atoms with Crippen molar-refractivity contribution in [1.82, 2.24) is 0 Å². The van der Waals surface area contributed by atoms with E-state index in [4.69, 9.17) is 19.0 Å². The molecule has 0 amide bonds. The molecule has 2 rings (SSSR count). The number of carbonyl (C=O) groups is 1. The van der Waals surface area contributed by atoms with E-state index in [1.54, 1.807) is 12.3 Å². The molecular weight excluding hydrogens is 200 g/mol. The van der Waals surface area contributed by atoms with Gasteiger partial charge in [0.1, 0.15) is 5.76 Å². The highest BCUT2D eigenvalue weighted by atomic mass is 16.7. The van der Waals surface area contributed by atoms with Crippen molar-refractivity contribution < 1.29 is 23.8 Å². The van der Waals surface area contributed by atoms with Gasteiger partial charge in [-0.05, 0) is 12.1 Å². The van der Waals surface area contributed by atoms with Crippen LogP contribution in [0, 0.1) is 0 Å². The van der Waals surface area contributed by atoms with Gasteiger partial charge in [-0.2, -0.15) is 0 Å². The minimum absolute atomic E-state index is 0.0192. The summed E-state index contributed by atoms with van der Waals surface area (Å²) in [6.45, 7) is 0.331. The number of carboxylic acids is 1. The maximum absolute atomic E-state index is 10.4. The second-order valence-electron chi connectivity index (χ2n) is 3.40. The Morgan fingerprint density at radius 3 is 3.13 bits per heavy atom. The lowest BCUT2D eigenvalue weighted by Gasteiger charge is -2.08. The highest BCUT2D eigenvalue weighted by Crippen LogP contribution is 2.18. The van der Waals surface area contributed by atoms with Crippen molar-refractivity contribution in [2.45, 2.75) is 25.2 Å². The summed E-state index contributed by atoms with van der Waals surface area (Å²) in [6.07, 6.45) is 1.35. The van der Waals surface area contributed by atoms with Crippen LogP contribution in [0.15, 0.2) is 22.8 Å². The Hall–Kier alpha value is -1.33. The van der Waals surface area contributed by atoms with E-state index >= 15 is 0 Å². The molecule has 5 heteroatoms. The molecule has 82 valence electrons. The van der Waals surface area contributed by atoms with Gasteiger partial charge in [0, 0.05) is 0 Å². The van der Waals surface area contributed by atoms with Crippen molar-refractivity contribution in [3.8, 4) is 0 Å². The van der Waals surface area contributed by atoms with Gasteiger partial charge in [-0.3, -0.25) is 4.79 Å². The maximum Gasteiger partial charge on any atom is 0.306 e. The number of carboxylic acid groups (broad SMARTS) is 1. The molecule has 0 radical (unpaired) electrons. The Kier molecular flexibility index (Phi) is 3.03. The first-order valence-electron chi connectivity index (χ1n) is 4.75. The summed E-state index contributed by atoms with van der Waals surface area (Å²) in [5.41, 5.74) is 0. The first kappa shape index (κ1) is 10.2. The molecule has 2 atom stereocenters. The molecule has 1 aliphatic rings. The first-order chi connectivity index (χ1) is 7.24. The fourth-order valence-electron chi connectivity index (χ4n) is 1.51. The van der Waals surface area contributed by atoms with E-state index in [1.165, 1.54) is 0 Å². The number of aliphatic carboxylic acids is 1. The molecule has 2 unspecified atom stereocenters. The van der Waals surface area contributed by atoms with Crippen LogP contribution < -0.4 is 0 Å². The molecule has 1 N–H and O–H groups in total.